The summed E-state index contributed by atoms with van der Waals surface area (Å²) in [7, 11) is 4.24. The van der Waals surface area contributed by atoms with Crippen LogP contribution < -0.4 is 10.2 Å². The fourth-order valence-electron chi connectivity index (χ4n) is 2.60. The molecule has 2 nitrogen and oxygen atoms in total. The minimum Gasteiger partial charge on any atom is -0.377 e. The maximum Gasteiger partial charge on any atom is 0.0427 e. The maximum atomic E-state index is 3.64. The molecule has 1 fully saturated rings. The summed E-state index contributed by atoms with van der Waals surface area (Å²) in [4.78, 5) is 2.22. The molecule has 1 unspecified atom stereocenters. The van der Waals surface area contributed by atoms with Crippen molar-refractivity contribution in [3.8, 4) is 0 Å². The van der Waals surface area contributed by atoms with Crippen molar-refractivity contribution in [2.75, 3.05) is 25.5 Å². The Hall–Kier alpha value is -1.02. The van der Waals surface area contributed by atoms with Crippen LogP contribution in [-0.2, 0) is 5.54 Å². The van der Waals surface area contributed by atoms with Crippen LogP contribution in [0.2, 0.25) is 0 Å². The number of anilines is 1. The average Bonchev–Trinajstić information content (AvgIpc) is 2.66. The second-order valence-electron chi connectivity index (χ2n) is 5.28. The zero-order valence-corrected chi connectivity index (χ0v) is 10.8. The van der Waals surface area contributed by atoms with Crippen molar-refractivity contribution in [2.24, 2.45) is 0 Å². The zero-order chi connectivity index (χ0) is 11.8. The molecular formula is C14H22N2. The van der Waals surface area contributed by atoms with Crippen molar-refractivity contribution in [1.82, 2.24) is 5.32 Å². The molecule has 1 aliphatic rings. The van der Waals surface area contributed by atoms with Gasteiger partial charge in [-0.2, -0.15) is 0 Å². The Kier molecular flexibility index (Phi) is 2.94. The molecule has 0 radical (unpaired) electrons. The number of nitrogens with zero attached hydrogens (tertiary/aromatic N) is 1. The number of benzene rings is 1. The molecule has 16 heavy (non-hydrogen) atoms. The van der Waals surface area contributed by atoms with Gasteiger partial charge in [-0.05, 0) is 50.4 Å². The van der Waals surface area contributed by atoms with Crippen LogP contribution in [0.25, 0.3) is 0 Å². The third-order valence-electron chi connectivity index (χ3n) is 3.60. The van der Waals surface area contributed by atoms with E-state index in [9.17, 15) is 0 Å². The maximum absolute atomic E-state index is 3.64. The van der Waals surface area contributed by atoms with Gasteiger partial charge >= 0.3 is 0 Å². The van der Waals surface area contributed by atoms with E-state index < -0.39 is 0 Å². The van der Waals surface area contributed by atoms with Crippen LogP contribution in [0.5, 0.6) is 0 Å². The first-order valence-electron chi connectivity index (χ1n) is 6.06. The minimum absolute atomic E-state index is 0.160. The number of rotatable bonds is 2. The molecule has 0 amide bonds. The van der Waals surface area contributed by atoms with Gasteiger partial charge in [0.25, 0.3) is 0 Å². The Bertz CT molecular complexity index is 376. The molecule has 1 aliphatic heterocycles. The lowest BCUT2D eigenvalue weighted by Gasteiger charge is -2.30. The Labute approximate surface area is 98.7 Å². The van der Waals surface area contributed by atoms with Gasteiger partial charge in [-0.15, -0.1) is 0 Å². The van der Waals surface area contributed by atoms with Crippen molar-refractivity contribution in [1.29, 1.82) is 0 Å². The summed E-state index contributed by atoms with van der Waals surface area (Å²) in [6, 6.07) is 6.77. The van der Waals surface area contributed by atoms with Gasteiger partial charge in [-0.3, -0.25) is 0 Å². The van der Waals surface area contributed by atoms with E-state index in [1.165, 1.54) is 29.7 Å². The summed E-state index contributed by atoms with van der Waals surface area (Å²) in [5.74, 6) is 0. The van der Waals surface area contributed by atoms with Gasteiger partial charge in [-0.1, -0.05) is 12.1 Å². The molecule has 0 aliphatic carbocycles. The number of hydrogen-bond acceptors (Lipinski definition) is 2. The van der Waals surface area contributed by atoms with Crippen LogP contribution in [0.4, 0.5) is 5.69 Å². The molecule has 2 rings (SSSR count). The van der Waals surface area contributed by atoms with Crippen LogP contribution in [0.15, 0.2) is 18.2 Å². The molecular weight excluding hydrogens is 196 g/mol. The molecule has 1 aromatic carbocycles. The molecule has 88 valence electrons. The highest BCUT2D eigenvalue weighted by Gasteiger charge is 2.32. The van der Waals surface area contributed by atoms with Gasteiger partial charge in [0.05, 0.1) is 0 Å². The lowest BCUT2D eigenvalue weighted by Crippen LogP contribution is -2.34. The average molecular weight is 218 g/mol. The molecule has 0 aromatic heterocycles. The van der Waals surface area contributed by atoms with Gasteiger partial charge in [0.15, 0.2) is 0 Å². The second-order valence-corrected chi connectivity index (χ2v) is 5.28. The fourth-order valence-corrected chi connectivity index (χ4v) is 2.60. The van der Waals surface area contributed by atoms with E-state index in [0.29, 0.717) is 0 Å². The topological polar surface area (TPSA) is 15.3 Å². The van der Waals surface area contributed by atoms with Crippen LogP contribution >= 0.6 is 0 Å². The predicted octanol–water partition coefficient (Wildman–Crippen LogP) is 2.66. The van der Waals surface area contributed by atoms with Gasteiger partial charge in [-0.25, -0.2) is 0 Å². The van der Waals surface area contributed by atoms with E-state index in [-0.39, 0.29) is 5.54 Å². The van der Waals surface area contributed by atoms with E-state index in [2.05, 4.69) is 56.4 Å². The molecule has 1 saturated heterocycles. The van der Waals surface area contributed by atoms with Crippen LogP contribution in [-0.4, -0.2) is 20.6 Å². The number of nitrogens with one attached hydrogen (secondary N) is 1. The predicted molar refractivity (Wildman–Crippen MR) is 70.1 cm³/mol. The third-order valence-corrected chi connectivity index (χ3v) is 3.60. The van der Waals surface area contributed by atoms with Crippen molar-refractivity contribution in [3.05, 3.63) is 29.3 Å². The summed E-state index contributed by atoms with van der Waals surface area (Å²) in [5, 5.41) is 3.64. The Morgan fingerprint density at radius 2 is 2.06 bits per heavy atom. The summed E-state index contributed by atoms with van der Waals surface area (Å²) in [6.45, 7) is 5.61. The lowest BCUT2D eigenvalue weighted by molar-refractivity contribution is 0.435. The smallest absolute Gasteiger partial charge is 0.0427 e. The molecule has 1 N–H and O–H groups in total. The highest BCUT2D eigenvalue weighted by atomic mass is 15.1. The van der Waals surface area contributed by atoms with Crippen LogP contribution in [0.1, 0.15) is 30.9 Å². The quantitative estimate of drug-likeness (QED) is 0.821. The zero-order valence-electron chi connectivity index (χ0n) is 10.8. The highest BCUT2D eigenvalue weighted by Crippen LogP contribution is 2.36. The van der Waals surface area contributed by atoms with Gasteiger partial charge in [0, 0.05) is 25.3 Å². The van der Waals surface area contributed by atoms with Gasteiger partial charge in [0.1, 0.15) is 0 Å². The van der Waals surface area contributed by atoms with E-state index in [1.54, 1.807) is 0 Å². The summed E-state index contributed by atoms with van der Waals surface area (Å²) < 4.78 is 0. The van der Waals surface area contributed by atoms with E-state index in [0.717, 1.165) is 6.54 Å². The molecule has 1 aromatic rings. The standard InChI is InChI=1S/C14H22N2/c1-11-6-7-12(13(10-11)16(3)4)14(2)8-5-9-15-14/h6-7,10,15H,5,8-9H2,1-4H3. The van der Waals surface area contributed by atoms with Gasteiger partial charge < -0.3 is 10.2 Å². The van der Waals surface area contributed by atoms with E-state index in [4.69, 9.17) is 0 Å². The Morgan fingerprint density at radius 1 is 1.31 bits per heavy atom. The molecule has 1 atom stereocenters. The first-order chi connectivity index (χ1) is 7.53. The van der Waals surface area contributed by atoms with Crippen molar-refractivity contribution >= 4 is 5.69 Å². The number of hydrogen-bond donors (Lipinski definition) is 1. The third kappa shape index (κ3) is 1.94. The Morgan fingerprint density at radius 3 is 2.62 bits per heavy atom. The van der Waals surface area contributed by atoms with Crippen molar-refractivity contribution < 1.29 is 0 Å². The molecule has 2 heteroatoms. The number of aryl methyl sites for hydroxylation is 1. The monoisotopic (exact) mass is 218 g/mol. The molecule has 0 bridgehead atoms. The summed E-state index contributed by atoms with van der Waals surface area (Å²) in [6.07, 6.45) is 2.51. The van der Waals surface area contributed by atoms with Crippen LogP contribution in [0.3, 0.4) is 0 Å². The fraction of sp³-hybridized carbons (Fsp3) is 0.571. The minimum atomic E-state index is 0.160. The summed E-state index contributed by atoms with van der Waals surface area (Å²) in [5.41, 5.74) is 4.26. The van der Waals surface area contributed by atoms with E-state index in [1.807, 2.05) is 0 Å². The first-order valence-corrected chi connectivity index (χ1v) is 6.06. The Balaban J connectivity index is 2.47. The summed E-state index contributed by atoms with van der Waals surface area (Å²) >= 11 is 0. The highest BCUT2D eigenvalue weighted by molar-refractivity contribution is 5.57. The molecule has 0 saturated carbocycles. The van der Waals surface area contributed by atoms with Gasteiger partial charge in [0.2, 0.25) is 0 Å². The first kappa shape index (κ1) is 11.5. The van der Waals surface area contributed by atoms with Crippen LogP contribution in [0, 0.1) is 6.92 Å². The second kappa shape index (κ2) is 4.10. The van der Waals surface area contributed by atoms with Crippen molar-refractivity contribution in [3.63, 3.8) is 0 Å². The SMILES string of the molecule is Cc1ccc(C2(C)CCCN2)c(N(C)C)c1. The van der Waals surface area contributed by atoms with Crippen molar-refractivity contribution in [2.45, 2.75) is 32.2 Å². The normalized spacial score (nSPS) is 24.8. The molecule has 0 spiro atoms. The van der Waals surface area contributed by atoms with E-state index >= 15 is 0 Å². The largest absolute Gasteiger partial charge is 0.377 e. The molecule has 1 heterocycles. The lowest BCUT2D eigenvalue weighted by atomic mass is 9.88.